The number of benzene rings is 2. The van der Waals surface area contributed by atoms with Gasteiger partial charge in [-0.2, -0.15) is 0 Å². The van der Waals surface area contributed by atoms with Gasteiger partial charge in [-0.05, 0) is 54.4 Å². The van der Waals surface area contributed by atoms with E-state index in [2.05, 4.69) is 25.0 Å². The smallest absolute Gasteiger partial charge is 0.264 e. The van der Waals surface area contributed by atoms with Crippen molar-refractivity contribution in [1.82, 2.24) is 15.0 Å². The highest BCUT2D eigenvalue weighted by atomic mass is 32.2. The fraction of sp³-hybridized carbons (Fsp3) is 0.0952. The van der Waals surface area contributed by atoms with Gasteiger partial charge in [0.2, 0.25) is 11.9 Å². The van der Waals surface area contributed by atoms with Gasteiger partial charge in [0.25, 0.3) is 10.0 Å². The van der Waals surface area contributed by atoms with Gasteiger partial charge in [-0.15, -0.1) is 0 Å². The van der Waals surface area contributed by atoms with Gasteiger partial charge >= 0.3 is 0 Å². The van der Waals surface area contributed by atoms with E-state index in [0.29, 0.717) is 5.69 Å². The van der Waals surface area contributed by atoms with E-state index >= 15 is 0 Å². The normalized spacial score (nSPS) is 11.4. The maximum atomic E-state index is 12.5. The molecule has 152 valence electrons. The van der Waals surface area contributed by atoms with E-state index in [-0.39, 0.29) is 23.2 Å². The minimum absolute atomic E-state index is 0.0103. The van der Waals surface area contributed by atoms with E-state index in [9.17, 15) is 13.2 Å². The molecule has 2 aromatic carbocycles. The van der Waals surface area contributed by atoms with E-state index in [1.807, 2.05) is 31.3 Å². The molecule has 0 atom stereocenters. The third-order valence-corrected chi connectivity index (χ3v) is 5.93. The van der Waals surface area contributed by atoms with E-state index < -0.39 is 10.0 Å². The summed E-state index contributed by atoms with van der Waals surface area (Å²) >= 11 is 0. The molecule has 0 aliphatic rings. The van der Waals surface area contributed by atoms with E-state index in [1.54, 1.807) is 18.2 Å². The number of aromatic nitrogens is 3. The number of H-pyrrole nitrogens is 1. The first-order valence-corrected chi connectivity index (χ1v) is 10.7. The Morgan fingerprint density at radius 2 is 1.77 bits per heavy atom. The summed E-state index contributed by atoms with van der Waals surface area (Å²) in [4.78, 5) is 23.4. The Balaban J connectivity index is 1.45. The van der Waals surface area contributed by atoms with Crippen molar-refractivity contribution in [2.24, 2.45) is 0 Å². The summed E-state index contributed by atoms with van der Waals surface area (Å²) in [7, 11) is -3.82. The molecule has 0 radical (unpaired) electrons. The number of hydrogen-bond donors (Lipinski definition) is 3. The standard InChI is InChI=1S/C21H19N5O3S/c1-14-4-2-5-18-20(14)15(13-24-18)12-19(27)25-16-6-8-17(9-7-16)30(28,29)26-21-22-10-3-11-23-21/h2-11,13,24H,12H2,1H3,(H,25,27)(H,22,23,26). The number of anilines is 2. The first-order valence-electron chi connectivity index (χ1n) is 9.18. The van der Waals surface area contributed by atoms with Crippen LogP contribution in [0.1, 0.15) is 11.1 Å². The molecule has 3 N–H and O–H groups in total. The molecule has 2 aromatic heterocycles. The van der Waals surface area contributed by atoms with Gasteiger partial charge in [0.05, 0.1) is 11.3 Å². The predicted molar refractivity (Wildman–Crippen MR) is 115 cm³/mol. The molecule has 0 saturated carbocycles. The summed E-state index contributed by atoms with van der Waals surface area (Å²) in [6.07, 6.45) is 4.93. The second-order valence-corrected chi connectivity index (χ2v) is 8.42. The summed E-state index contributed by atoms with van der Waals surface area (Å²) in [6, 6.07) is 13.4. The molecule has 30 heavy (non-hydrogen) atoms. The number of carbonyl (C=O) groups is 1. The topological polar surface area (TPSA) is 117 Å². The highest BCUT2D eigenvalue weighted by molar-refractivity contribution is 7.92. The molecule has 4 aromatic rings. The van der Waals surface area contributed by atoms with Gasteiger partial charge in [-0.1, -0.05) is 12.1 Å². The van der Waals surface area contributed by atoms with Crippen LogP contribution in [0, 0.1) is 6.92 Å². The van der Waals surface area contributed by atoms with Crippen LogP contribution in [-0.2, 0) is 21.2 Å². The number of nitrogens with one attached hydrogen (secondary N) is 3. The fourth-order valence-electron chi connectivity index (χ4n) is 3.22. The van der Waals surface area contributed by atoms with Crippen molar-refractivity contribution in [3.8, 4) is 0 Å². The monoisotopic (exact) mass is 421 g/mol. The van der Waals surface area contributed by atoms with E-state index in [0.717, 1.165) is 22.0 Å². The molecule has 0 unspecified atom stereocenters. The van der Waals surface area contributed by atoms with Crippen molar-refractivity contribution in [3.05, 3.63) is 78.2 Å². The Bertz CT molecular complexity index is 1300. The van der Waals surface area contributed by atoms with Gasteiger partial charge in [-0.25, -0.2) is 23.1 Å². The van der Waals surface area contributed by atoms with Crippen molar-refractivity contribution >= 4 is 38.5 Å². The van der Waals surface area contributed by atoms with Crippen molar-refractivity contribution in [2.45, 2.75) is 18.2 Å². The van der Waals surface area contributed by atoms with Gasteiger partial charge in [-0.3, -0.25) is 4.79 Å². The number of aryl methyl sites for hydroxylation is 1. The average molecular weight is 421 g/mol. The number of carbonyl (C=O) groups excluding carboxylic acids is 1. The first-order chi connectivity index (χ1) is 14.4. The molecule has 0 aliphatic carbocycles. The summed E-state index contributed by atoms with van der Waals surface area (Å²) in [6.45, 7) is 2.01. The molecule has 0 spiro atoms. The fourth-order valence-corrected chi connectivity index (χ4v) is 4.18. The maximum Gasteiger partial charge on any atom is 0.264 e. The minimum Gasteiger partial charge on any atom is -0.361 e. The lowest BCUT2D eigenvalue weighted by atomic mass is 10.1. The molecule has 0 aliphatic heterocycles. The third-order valence-electron chi connectivity index (χ3n) is 4.59. The largest absolute Gasteiger partial charge is 0.361 e. The molecule has 0 fully saturated rings. The zero-order chi connectivity index (χ0) is 21.1. The van der Waals surface area contributed by atoms with Crippen LogP contribution in [-0.4, -0.2) is 29.3 Å². The lowest BCUT2D eigenvalue weighted by Crippen LogP contribution is -2.16. The quantitative estimate of drug-likeness (QED) is 0.442. The van der Waals surface area contributed by atoms with Crippen molar-refractivity contribution < 1.29 is 13.2 Å². The highest BCUT2D eigenvalue weighted by Crippen LogP contribution is 2.23. The van der Waals surface area contributed by atoms with Gasteiger partial charge in [0, 0.05) is 35.2 Å². The van der Waals surface area contributed by atoms with Crippen LogP contribution in [0.5, 0.6) is 0 Å². The number of rotatable bonds is 6. The molecule has 0 bridgehead atoms. The summed E-state index contributed by atoms with van der Waals surface area (Å²) in [5, 5.41) is 3.84. The Hall–Kier alpha value is -3.72. The van der Waals surface area contributed by atoms with Gasteiger partial charge in [0.15, 0.2) is 0 Å². The maximum absolute atomic E-state index is 12.5. The number of aromatic amines is 1. The average Bonchev–Trinajstić information content (AvgIpc) is 3.13. The SMILES string of the molecule is Cc1cccc2[nH]cc(CC(=O)Nc3ccc(S(=O)(=O)Nc4ncccn4)cc3)c12. The minimum atomic E-state index is -3.82. The van der Waals surface area contributed by atoms with Crippen LogP contribution in [0.25, 0.3) is 10.9 Å². The van der Waals surface area contributed by atoms with Crippen molar-refractivity contribution in [3.63, 3.8) is 0 Å². The molecule has 9 heteroatoms. The summed E-state index contributed by atoms with van der Waals surface area (Å²) in [5.41, 5.74) is 3.50. The van der Waals surface area contributed by atoms with Gasteiger partial charge < -0.3 is 10.3 Å². The van der Waals surface area contributed by atoms with E-state index in [1.165, 1.54) is 24.5 Å². The van der Waals surface area contributed by atoms with Crippen molar-refractivity contribution in [1.29, 1.82) is 0 Å². The van der Waals surface area contributed by atoms with E-state index in [4.69, 9.17) is 0 Å². The van der Waals surface area contributed by atoms with Crippen LogP contribution in [0.15, 0.2) is 72.0 Å². The summed E-state index contributed by atoms with van der Waals surface area (Å²) in [5.74, 6) is -0.200. The number of fused-ring (bicyclic) bond motifs is 1. The molecule has 4 rings (SSSR count). The molecule has 8 nitrogen and oxygen atoms in total. The molecular formula is C21H19N5O3S. The zero-order valence-corrected chi connectivity index (χ0v) is 16.9. The van der Waals surface area contributed by atoms with Crippen LogP contribution in [0.2, 0.25) is 0 Å². The molecule has 0 saturated heterocycles. The Labute approximate surface area is 173 Å². The molecule has 1 amide bonds. The van der Waals surface area contributed by atoms with Crippen LogP contribution in [0.4, 0.5) is 11.6 Å². The van der Waals surface area contributed by atoms with Gasteiger partial charge in [0.1, 0.15) is 0 Å². The Kier molecular flexibility index (Phi) is 5.20. The number of hydrogen-bond acceptors (Lipinski definition) is 5. The third kappa shape index (κ3) is 4.15. The van der Waals surface area contributed by atoms with Crippen LogP contribution >= 0.6 is 0 Å². The second kappa shape index (κ2) is 7.96. The lowest BCUT2D eigenvalue weighted by molar-refractivity contribution is -0.115. The molecular weight excluding hydrogens is 402 g/mol. The zero-order valence-electron chi connectivity index (χ0n) is 16.1. The lowest BCUT2D eigenvalue weighted by Gasteiger charge is -2.08. The molecule has 2 heterocycles. The first kappa shape index (κ1) is 19.6. The summed E-state index contributed by atoms with van der Waals surface area (Å²) < 4.78 is 27.1. The Morgan fingerprint density at radius 3 is 2.50 bits per heavy atom. The Morgan fingerprint density at radius 1 is 1.03 bits per heavy atom. The van der Waals surface area contributed by atoms with Crippen LogP contribution in [0.3, 0.4) is 0 Å². The number of sulfonamides is 1. The number of amides is 1. The predicted octanol–water partition coefficient (Wildman–Crippen LogP) is 3.25. The second-order valence-electron chi connectivity index (χ2n) is 6.74. The number of nitrogens with zero attached hydrogens (tertiary/aromatic N) is 2. The van der Waals surface area contributed by atoms with Crippen molar-refractivity contribution in [2.75, 3.05) is 10.0 Å². The highest BCUT2D eigenvalue weighted by Gasteiger charge is 2.16. The van der Waals surface area contributed by atoms with Crippen LogP contribution < -0.4 is 10.0 Å².